The molecule has 1 saturated heterocycles. The van der Waals surface area contributed by atoms with E-state index in [0.717, 1.165) is 18.6 Å². The van der Waals surface area contributed by atoms with E-state index in [1.54, 1.807) is 0 Å². The van der Waals surface area contributed by atoms with Crippen molar-refractivity contribution in [3.05, 3.63) is 0 Å². The molecule has 0 aromatic carbocycles. The van der Waals surface area contributed by atoms with Crippen LogP contribution in [0.15, 0.2) is 0 Å². The molecule has 102 valence electrons. The van der Waals surface area contributed by atoms with Gasteiger partial charge in [0.2, 0.25) is 0 Å². The zero-order valence-electron chi connectivity index (χ0n) is 12.2. The van der Waals surface area contributed by atoms with Crippen LogP contribution in [0.25, 0.3) is 0 Å². The van der Waals surface area contributed by atoms with Gasteiger partial charge in [-0.1, -0.05) is 26.7 Å². The van der Waals surface area contributed by atoms with Crippen molar-refractivity contribution >= 4 is 0 Å². The van der Waals surface area contributed by atoms with Crippen molar-refractivity contribution in [1.29, 1.82) is 0 Å². The van der Waals surface area contributed by atoms with Crippen LogP contribution in [0, 0.1) is 0 Å². The second-order valence-electron chi connectivity index (χ2n) is 5.54. The number of rotatable bonds is 7. The van der Waals surface area contributed by atoms with Gasteiger partial charge in [0.25, 0.3) is 0 Å². The molecule has 2 unspecified atom stereocenters. The molecule has 0 aromatic heterocycles. The molecular formula is C15H32N2. The Morgan fingerprint density at radius 1 is 1.24 bits per heavy atom. The van der Waals surface area contributed by atoms with E-state index in [1.807, 2.05) is 0 Å². The van der Waals surface area contributed by atoms with Crippen molar-refractivity contribution in [2.24, 2.45) is 0 Å². The Kier molecular flexibility index (Phi) is 7.87. The Labute approximate surface area is 108 Å². The largest absolute Gasteiger partial charge is 0.314 e. The van der Waals surface area contributed by atoms with E-state index in [2.05, 4.69) is 31.0 Å². The molecule has 2 atom stereocenters. The van der Waals surface area contributed by atoms with Gasteiger partial charge in [-0.2, -0.15) is 0 Å². The Balaban J connectivity index is 2.19. The minimum atomic E-state index is 0.738. The third kappa shape index (κ3) is 5.87. The van der Waals surface area contributed by atoms with Gasteiger partial charge in [0, 0.05) is 12.1 Å². The van der Waals surface area contributed by atoms with Crippen LogP contribution in [0.2, 0.25) is 0 Å². The van der Waals surface area contributed by atoms with Gasteiger partial charge in [-0.25, -0.2) is 0 Å². The average molecular weight is 240 g/mol. The van der Waals surface area contributed by atoms with Gasteiger partial charge in [0.05, 0.1) is 0 Å². The first kappa shape index (κ1) is 15.0. The quantitative estimate of drug-likeness (QED) is 0.733. The maximum absolute atomic E-state index is 3.58. The highest BCUT2D eigenvalue weighted by Gasteiger charge is 2.16. The van der Waals surface area contributed by atoms with Crippen LogP contribution in [0.4, 0.5) is 0 Å². The summed E-state index contributed by atoms with van der Waals surface area (Å²) in [4.78, 5) is 2.71. The standard InChI is InChI=1S/C15H32N2/c1-4-15(16-5-2)11-9-13-17-12-8-6-7-10-14(17)3/h14-16H,4-13H2,1-3H3. The molecule has 0 aromatic rings. The predicted molar refractivity (Wildman–Crippen MR) is 76.5 cm³/mol. The zero-order valence-corrected chi connectivity index (χ0v) is 12.2. The van der Waals surface area contributed by atoms with Gasteiger partial charge in [0.1, 0.15) is 0 Å². The van der Waals surface area contributed by atoms with Gasteiger partial charge in [-0.3, -0.25) is 0 Å². The molecular weight excluding hydrogens is 208 g/mol. The summed E-state index contributed by atoms with van der Waals surface area (Å²) in [6.07, 6.45) is 9.66. The third-order valence-corrected chi connectivity index (χ3v) is 4.17. The van der Waals surface area contributed by atoms with Crippen LogP contribution < -0.4 is 5.32 Å². The molecule has 0 radical (unpaired) electrons. The molecule has 0 bridgehead atoms. The molecule has 17 heavy (non-hydrogen) atoms. The topological polar surface area (TPSA) is 15.3 Å². The van der Waals surface area contributed by atoms with Crippen LogP contribution in [0.3, 0.4) is 0 Å². The van der Waals surface area contributed by atoms with Crippen molar-refractivity contribution in [3.63, 3.8) is 0 Å². The van der Waals surface area contributed by atoms with Gasteiger partial charge < -0.3 is 10.2 Å². The highest BCUT2D eigenvalue weighted by atomic mass is 15.1. The number of likely N-dealkylation sites (tertiary alicyclic amines) is 1. The van der Waals surface area contributed by atoms with Crippen LogP contribution in [-0.2, 0) is 0 Å². The van der Waals surface area contributed by atoms with E-state index in [0.29, 0.717) is 0 Å². The van der Waals surface area contributed by atoms with E-state index in [9.17, 15) is 0 Å². The van der Waals surface area contributed by atoms with E-state index < -0.39 is 0 Å². The van der Waals surface area contributed by atoms with Gasteiger partial charge in [0.15, 0.2) is 0 Å². The van der Waals surface area contributed by atoms with E-state index >= 15 is 0 Å². The maximum Gasteiger partial charge on any atom is 0.00669 e. The first-order valence-corrected chi connectivity index (χ1v) is 7.75. The number of hydrogen-bond acceptors (Lipinski definition) is 2. The summed E-state index contributed by atoms with van der Waals surface area (Å²) in [5.74, 6) is 0. The maximum atomic E-state index is 3.58. The van der Waals surface area contributed by atoms with E-state index in [4.69, 9.17) is 0 Å². The molecule has 2 heteroatoms. The van der Waals surface area contributed by atoms with E-state index in [1.165, 1.54) is 58.0 Å². The molecule has 1 rings (SSSR count). The molecule has 1 aliphatic heterocycles. The zero-order chi connectivity index (χ0) is 12.5. The molecule has 1 N–H and O–H groups in total. The highest BCUT2D eigenvalue weighted by Crippen LogP contribution is 2.17. The molecule has 1 heterocycles. The monoisotopic (exact) mass is 240 g/mol. The summed E-state index contributed by atoms with van der Waals surface area (Å²) in [5.41, 5.74) is 0. The van der Waals surface area contributed by atoms with Crippen molar-refractivity contribution in [1.82, 2.24) is 10.2 Å². The van der Waals surface area contributed by atoms with Crippen LogP contribution in [0.1, 0.15) is 65.7 Å². The lowest BCUT2D eigenvalue weighted by Gasteiger charge is -2.27. The molecule has 1 fully saturated rings. The second kappa shape index (κ2) is 8.93. The molecule has 1 aliphatic rings. The first-order chi connectivity index (χ1) is 8.27. The predicted octanol–water partition coefficient (Wildman–Crippen LogP) is 3.42. The van der Waals surface area contributed by atoms with Crippen molar-refractivity contribution in [2.75, 3.05) is 19.6 Å². The smallest absolute Gasteiger partial charge is 0.00669 e. The summed E-state index contributed by atoms with van der Waals surface area (Å²) in [6, 6.07) is 1.55. The fourth-order valence-corrected chi connectivity index (χ4v) is 2.95. The summed E-state index contributed by atoms with van der Waals surface area (Å²) in [6.45, 7) is 10.7. The van der Waals surface area contributed by atoms with Crippen LogP contribution >= 0.6 is 0 Å². The fraction of sp³-hybridized carbons (Fsp3) is 1.00. The average Bonchev–Trinajstić information content (AvgIpc) is 2.53. The third-order valence-electron chi connectivity index (χ3n) is 4.17. The Morgan fingerprint density at radius 2 is 2.06 bits per heavy atom. The Morgan fingerprint density at radius 3 is 2.76 bits per heavy atom. The van der Waals surface area contributed by atoms with Crippen molar-refractivity contribution < 1.29 is 0 Å². The van der Waals surface area contributed by atoms with Gasteiger partial charge >= 0.3 is 0 Å². The minimum Gasteiger partial charge on any atom is -0.314 e. The first-order valence-electron chi connectivity index (χ1n) is 7.75. The van der Waals surface area contributed by atoms with Crippen LogP contribution in [-0.4, -0.2) is 36.6 Å². The summed E-state index contributed by atoms with van der Waals surface area (Å²) in [5, 5.41) is 3.58. The lowest BCUT2D eigenvalue weighted by Crippen LogP contribution is -2.35. The van der Waals surface area contributed by atoms with Crippen LogP contribution in [0.5, 0.6) is 0 Å². The number of nitrogens with one attached hydrogen (secondary N) is 1. The number of hydrogen-bond donors (Lipinski definition) is 1. The lowest BCUT2D eigenvalue weighted by atomic mass is 10.1. The molecule has 2 nitrogen and oxygen atoms in total. The fourth-order valence-electron chi connectivity index (χ4n) is 2.95. The Hall–Kier alpha value is -0.0800. The second-order valence-corrected chi connectivity index (χ2v) is 5.54. The normalized spacial score (nSPS) is 24.5. The van der Waals surface area contributed by atoms with Crippen molar-refractivity contribution in [3.8, 4) is 0 Å². The van der Waals surface area contributed by atoms with Gasteiger partial charge in [-0.15, -0.1) is 0 Å². The molecule has 0 saturated carbocycles. The highest BCUT2D eigenvalue weighted by molar-refractivity contribution is 4.72. The minimum absolute atomic E-state index is 0.738. The summed E-state index contributed by atoms with van der Waals surface area (Å²) < 4.78 is 0. The molecule has 0 aliphatic carbocycles. The Bertz CT molecular complexity index is 182. The molecule has 0 spiro atoms. The lowest BCUT2D eigenvalue weighted by molar-refractivity contribution is 0.206. The van der Waals surface area contributed by atoms with Crippen molar-refractivity contribution in [2.45, 2.75) is 77.8 Å². The summed E-state index contributed by atoms with van der Waals surface area (Å²) >= 11 is 0. The SMILES string of the molecule is CCNC(CC)CCCN1CCCCCC1C. The van der Waals surface area contributed by atoms with E-state index in [-0.39, 0.29) is 0 Å². The van der Waals surface area contributed by atoms with Gasteiger partial charge in [-0.05, 0) is 58.7 Å². The summed E-state index contributed by atoms with van der Waals surface area (Å²) in [7, 11) is 0. The number of nitrogens with zero attached hydrogens (tertiary/aromatic N) is 1. The molecule has 0 amide bonds.